The number of nitrogens with zero attached hydrogens (tertiary/aromatic N) is 4. The molecule has 7 heteroatoms. The Bertz CT molecular complexity index is 860. The fraction of sp³-hybridized carbons (Fsp3) is 0.278. The van der Waals surface area contributed by atoms with Crippen LogP contribution in [0.15, 0.2) is 42.7 Å². The number of thiazole rings is 1. The molecule has 1 aliphatic heterocycles. The molecule has 128 valence electrons. The van der Waals surface area contributed by atoms with E-state index in [9.17, 15) is 0 Å². The van der Waals surface area contributed by atoms with E-state index in [0.29, 0.717) is 0 Å². The summed E-state index contributed by atoms with van der Waals surface area (Å²) in [4.78, 5) is 16.9. The topological polar surface area (TPSA) is 63.2 Å². The second-order valence-corrected chi connectivity index (χ2v) is 6.87. The summed E-state index contributed by atoms with van der Waals surface area (Å²) in [5.74, 6) is 1.57. The van der Waals surface area contributed by atoms with Crippen LogP contribution in [0.5, 0.6) is 0 Å². The average Bonchev–Trinajstić information content (AvgIpc) is 3.13. The van der Waals surface area contributed by atoms with Crippen molar-refractivity contribution >= 4 is 28.1 Å². The summed E-state index contributed by atoms with van der Waals surface area (Å²) < 4.78 is 5.40. The Morgan fingerprint density at radius 3 is 2.84 bits per heavy atom. The molecule has 0 aliphatic carbocycles. The van der Waals surface area contributed by atoms with E-state index in [2.05, 4.69) is 20.2 Å². The van der Waals surface area contributed by atoms with Gasteiger partial charge < -0.3 is 15.0 Å². The van der Waals surface area contributed by atoms with Gasteiger partial charge in [0.15, 0.2) is 5.13 Å². The number of anilines is 3. The molecular formula is C18H19N5OS. The highest BCUT2D eigenvalue weighted by Gasteiger charge is 2.15. The van der Waals surface area contributed by atoms with E-state index in [1.54, 1.807) is 17.5 Å². The molecule has 0 unspecified atom stereocenters. The minimum absolute atomic E-state index is 0.760. The van der Waals surface area contributed by atoms with Gasteiger partial charge in [-0.1, -0.05) is 17.4 Å². The van der Waals surface area contributed by atoms with E-state index >= 15 is 0 Å². The monoisotopic (exact) mass is 353 g/mol. The van der Waals surface area contributed by atoms with Crippen molar-refractivity contribution in [2.75, 3.05) is 36.5 Å². The molecule has 1 aliphatic rings. The van der Waals surface area contributed by atoms with Crippen molar-refractivity contribution in [2.45, 2.75) is 6.92 Å². The second kappa shape index (κ2) is 7.16. The van der Waals surface area contributed by atoms with E-state index in [-0.39, 0.29) is 0 Å². The predicted molar refractivity (Wildman–Crippen MR) is 101 cm³/mol. The maximum absolute atomic E-state index is 5.40. The number of rotatable bonds is 4. The minimum atomic E-state index is 0.760. The van der Waals surface area contributed by atoms with Crippen LogP contribution in [0.4, 0.5) is 16.8 Å². The zero-order valence-electron chi connectivity index (χ0n) is 14.0. The quantitative estimate of drug-likeness (QED) is 0.775. The third-order valence-corrected chi connectivity index (χ3v) is 5.03. The van der Waals surface area contributed by atoms with E-state index in [0.717, 1.165) is 59.2 Å². The molecule has 4 heterocycles. The van der Waals surface area contributed by atoms with Gasteiger partial charge in [-0.15, -0.1) is 0 Å². The zero-order chi connectivity index (χ0) is 17.1. The van der Waals surface area contributed by atoms with Gasteiger partial charge in [0.2, 0.25) is 0 Å². The molecule has 1 fully saturated rings. The van der Waals surface area contributed by atoms with Crippen molar-refractivity contribution in [3.8, 4) is 10.6 Å². The Hall–Kier alpha value is -2.51. The molecule has 25 heavy (non-hydrogen) atoms. The van der Waals surface area contributed by atoms with E-state index < -0.39 is 0 Å². The third kappa shape index (κ3) is 3.78. The fourth-order valence-electron chi connectivity index (χ4n) is 2.66. The number of nitrogens with one attached hydrogen (secondary N) is 1. The Labute approximate surface area is 150 Å². The molecule has 3 aromatic heterocycles. The van der Waals surface area contributed by atoms with Crippen LogP contribution in [-0.4, -0.2) is 41.3 Å². The van der Waals surface area contributed by atoms with Crippen LogP contribution in [-0.2, 0) is 4.74 Å². The van der Waals surface area contributed by atoms with Crippen LogP contribution < -0.4 is 10.2 Å². The van der Waals surface area contributed by atoms with Crippen LogP contribution in [0, 0.1) is 6.92 Å². The van der Waals surface area contributed by atoms with Gasteiger partial charge in [0.05, 0.1) is 23.8 Å². The first kappa shape index (κ1) is 16.0. The highest BCUT2D eigenvalue weighted by molar-refractivity contribution is 7.18. The maximum atomic E-state index is 5.40. The first-order valence-corrected chi connectivity index (χ1v) is 9.05. The lowest BCUT2D eigenvalue weighted by molar-refractivity contribution is 0.122. The number of hydrogen-bond donors (Lipinski definition) is 1. The van der Waals surface area contributed by atoms with Crippen molar-refractivity contribution in [1.82, 2.24) is 15.0 Å². The van der Waals surface area contributed by atoms with Gasteiger partial charge in [-0.2, -0.15) is 0 Å². The number of aromatic nitrogens is 3. The molecule has 3 aromatic rings. The van der Waals surface area contributed by atoms with E-state index in [1.807, 2.05) is 43.5 Å². The molecule has 1 N–H and O–H groups in total. The normalized spacial score (nSPS) is 14.5. The van der Waals surface area contributed by atoms with Gasteiger partial charge in [0.1, 0.15) is 11.6 Å². The van der Waals surface area contributed by atoms with Crippen molar-refractivity contribution in [1.29, 1.82) is 0 Å². The van der Waals surface area contributed by atoms with Gasteiger partial charge in [-0.3, -0.25) is 0 Å². The first-order chi connectivity index (χ1) is 12.3. The van der Waals surface area contributed by atoms with Gasteiger partial charge >= 0.3 is 0 Å². The number of aryl methyl sites for hydroxylation is 1. The molecule has 6 nitrogen and oxygen atoms in total. The van der Waals surface area contributed by atoms with Crippen LogP contribution in [0.2, 0.25) is 0 Å². The number of hydrogen-bond acceptors (Lipinski definition) is 7. The average molecular weight is 353 g/mol. The van der Waals surface area contributed by atoms with Crippen LogP contribution in [0.1, 0.15) is 5.56 Å². The summed E-state index contributed by atoms with van der Waals surface area (Å²) in [6, 6.07) is 9.91. The smallest absolute Gasteiger partial charge is 0.186 e. The summed E-state index contributed by atoms with van der Waals surface area (Å²) in [7, 11) is 0. The maximum Gasteiger partial charge on any atom is 0.186 e. The summed E-state index contributed by atoms with van der Waals surface area (Å²) >= 11 is 1.66. The van der Waals surface area contributed by atoms with Gasteiger partial charge in [-0.25, -0.2) is 15.0 Å². The minimum Gasteiger partial charge on any atom is -0.378 e. The molecule has 4 rings (SSSR count). The van der Waals surface area contributed by atoms with Crippen LogP contribution in [0.3, 0.4) is 0 Å². The second-order valence-electron chi connectivity index (χ2n) is 5.86. The SMILES string of the molecule is Cc1ccnc(Nc2cccc(-c3cnc(N4CCOCC4)s3)n2)c1. The van der Waals surface area contributed by atoms with Crippen LogP contribution in [0.25, 0.3) is 10.6 Å². The van der Waals surface area contributed by atoms with Gasteiger partial charge in [-0.05, 0) is 36.8 Å². The lowest BCUT2D eigenvalue weighted by Crippen LogP contribution is -2.36. The van der Waals surface area contributed by atoms with Crippen molar-refractivity contribution in [3.05, 3.63) is 48.3 Å². The third-order valence-electron chi connectivity index (χ3n) is 3.95. The molecular weight excluding hydrogens is 334 g/mol. The first-order valence-electron chi connectivity index (χ1n) is 8.23. The molecule has 0 radical (unpaired) electrons. The molecule has 1 saturated heterocycles. The Morgan fingerprint density at radius 1 is 1.12 bits per heavy atom. The van der Waals surface area contributed by atoms with Crippen molar-refractivity contribution < 1.29 is 4.74 Å². The Kier molecular flexibility index (Phi) is 4.58. The summed E-state index contributed by atoms with van der Waals surface area (Å²) in [5.41, 5.74) is 2.07. The standard InChI is InChI=1S/C18H19N5OS/c1-13-5-6-19-17(11-13)22-16-4-2-3-14(21-16)15-12-20-18(25-15)23-7-9-24-10-8-23/h2-6,11-12H,7-10H2,1H3,(H,19,21,22). The Balaban J connectivity index is 1.54. The lowest BCUT2D eigenvalue weighted by atomic mass is 10.3. The molecule has 0 saturated carbocycles. The van der Waals surface area contributed by atoms with Gasteiger partial charge in [0.25, 0.3) is 0 Å². The highest BCUT2D eigenvalue weighted by Crippen LogP contribution is 2.31. The number of morpholine rings is 1. The van der Waals surface area contributed by atoms with Crippen molar-refractivity contribution in [2.24, 2.45) is 0 Å². The van der Waals surface area contributed by atoms with E-state index in [4.69, 9.17) is 9.72 Å². The molecule has 0 bridgehead atoms. The summed E-state index contributed by atoms with van der Waals surface area (Å²) in [6.45, 7) is 5.34. The Morgan fingerprint density at radius 2 is 2.00 bits per heavy atom. The molecule has 0 aromatic carbocycles. The van der Waals surface area contributed by atoms with E-state index in [1.165, 1.54) is 0 Å². The van der Waals surface area contributed by atoms with Gasteiger partial charge in [0, 0.05) is 25.5 Å². The van der Waals surface area contributed by atoms with Crippen molar-refractivity contribution in [3.63, 3.8) is 0 Å². The molecule has 0 amide bonds. The highest BCUT2D eigenvalue weighted by atomic mass is 32.1. The fourth-order valence-corrected chi connectivity index (χ4v) is 3.60. The van der Waals surface area contributed by atoms with Crippen LogP contribution >= 0.6 is 11.3 Å². The number of pyridine rings is 2. The predicted octanol–water partition coefficient (Wildman–Crippen LogP) is 3.49. The molecule has 0 atom stereocenters. The lowest BCUT2D eigenvalue weighted by Gasteiger charge is -2.25. The summed E-state index contributed by atoms with van der Waals surface area (Å²) in [6.07, 6.45) is 3.69. The molecule has 0 spiro atoms. The summed E-state index contributed by atoms with van der Waals surface area (Å²) in [5, 5.41) is 4.29. The largest absolute Gasteiger partial charge is 0.378 e. The zero-order valence-corrected chi connectivity index (χ0v) is 14.8. The number of ether oxygens (including phenoxy) is 1.